The van der Waals surface area contributed by atoms with Gasteiger partial charge >= 0.3 is 0 Å². The largest absolute Gasteiger partial charge is 0.467 e. The van der Waals surface area contributed by atoms with Crippen LogP contribution >= 0.6 is 23.2 Å². The van der Waals surface area contributed by atoms with E-state index in [0.717, 1.165) is 48.3 Å². The highest BCUT2D eigenvalue weighted by atomic mass is 35.5. The van der Waals surface area contributed by atoms with E-state index in [0.29, 0.717) is 17.5 Å². The SMILES string of the molecule is Cc1c(C2CCCCO2)c(Cl)n2nc(Cl)nc(NCc3ccco3)c12. The van der Waals surface area contributed by atoms with Crippen molar-refractivity contribution < 1.29 is 9.15 Å². The molecule has 4 rings (SSSR count). The first-order chi connectivity index (χ1) is 12.1. The van der Waals surface area contributed by atoms with E-state index in [1.807, 2.05) is 19.1 Å². The number of furan rings is 1. The summed E-state index contributed by atoms with van der Waals surface area (Å²) in [5.41, 5.74) is 2.79. The van der Waals surface area contributed by atoms with Gasteiger partial charge in [-0.3, -0.25) is 0 Å². The molecule has 0 spiro atoms. The van der Waals surface area contributed by atoms with Gasteiger partial charge < -0.3 is 14.5 Å². The molecule has 132 valence electrons. The first kappa shape index (κ1) is 16.7. The van der Waals surface area contributed by atoms with Crippen LogP contribution in [0.3, 0.4) is 0 Å². The second-order valence-electron chi connectivity index (χ2n) is 6.11. The van der Waals surface area contributed by atoms with Crippen LogP contribution in [0.1, 0.15) is 42.3 Å². The number of hydrogen-bond donors (Lipinski definition) is 1. The first-order valence-corrected chi connectivity index (χ1v) is 9.03. The van der Waals surface area contributed by atoms with Crippen molar-refractivity contribution in [2.24, 2.45) is 0 Å². The second kappa shape index (κ2) is 6.86. The zero-order chi connectivity index (χ0) is 17.4. The van der Waals surface area contributed by atoms with E-state index in [2.05, 4.69) is 15.4 Å². The Morgan fingerprint density at radius 3 is 2.96 bits per heavy atom. The summed E-state index contributed by atoms with van der Waals surface area (Å²) in [6, 6.07) is 3.74. The summed E-state index contributed by atoms with van der Waals surface area (Å²) in [6.07, 6.45) is 4.79. The van der Waals surface area contributed by atoms with Crippen molar-refractivity contribution in [3.05, 3.63) is 45.7 Å². The summed E-state index contributed by atoms with van der Waals surface area (Å²) in [5.74, 6) is 1.43. The van der Waals surface area contributed by atoms with Gasteiger partial charge in [0.2, 0.25) is 5.28 Å². The number of rotatable bonds is 4. The molecular weight excluding hydrogens is 363 g/mol. The van der Waals surface area contributed by atoms with Crippen molar-refractivity contribution in [2.45, 2.75) is 38.8 Å². The van der Waals surface area contributed by atoms with Crippen LogP contribution in [0.5, 0.6) is 0 Å². The van der Waals surface area contributed by atoms with E-state index in [9.17, 15) is 0 Å². The van der Waals surface area contributed by atoms with Gasteiger partial charge in [0.05, 0.1) is 18.9 Å². The molecule has 1 aliphatic rings. The lowest BCUT2D eigenvalue weighted by Crippen LogP contribution is -2.12. The van der Waals surface area contributed by atoms with Crippen LogP contribution in [0.25, 0.3) is 5.52 Å². The normalized spacial score (nSPS) is 18.0. The van der Waals surface area contributed by atoms with Gasteiger partial charge in [-0.05, 0) is 55.5 Å². The average Bonchev–Trinajstić information content (AvgIpc) is 3.21. The van der Waals surface area contributed by atoms with Crippen LogP contribution in [0.2, 0.25) is 10.4 Å². The summed E-state index contributed by atoms with van der Waals surface area (Å²) in [6.45, 7) is 3.26. The van der Waals surface area contributed by atoms with Crippen molar-refractivity contribution >= 4 is 34.5 Å². The quantitative estimate of drug-likeness (QED) is 0.704. The maximum absolute atomic E-state index is 6.63. The molecule has 3 aromatic heterocycles. The number of hydrogen-bond acceptors (Lipinski definition) is 5. The third kappa shape index (κ3) is 3.10. The molecule has 1 N–H and O–H groups in total. The van der Waals surface area contributed by atoms with E-state index >= 15 is 0 Å². The van der Waals surface area contributed by atoms with E-state index in [4.69, 9.17) is 32.4 Å². The minimum Gasteiger partial charge on any atom is -0.467 e. The molecule has 1 fully saturated rings. The molecule has 1 atom stereocenters. The lowest BCUT2D eigenvalue weighted by molar-refractivity contribution is 0.0147. The molecule has 0 bridgehead atoms. The van der Waals surface area contributed by atoms with E-state index in [1.54, 1.807) is 10.8 Å². The molecule has 8 heteroatoms. The molecule has 1 aliphatic heterocycles. The number of fused-ring (bicyclic) bond motifs is 1. The van der Waals surface area contributed by atoms with Gasteiger partial charge in [-0.15, -0.1) is 5.10 Å². The summed E-state index contributed by atoms with van der Waals surface area (Å²) in [4.78, 5) is 4.34. The second-order valence-corrected chi connectivity index (χ2v) is 6.80. The molecule has 0 aromatic carbocycles. The molecule has 0 amide bonds. The van der Waals surface area contributed by atoms with Crippen molar-refractivity contribution in [1.82, 2.24) is 14.6 Å². The summed E-state index contributed by atoms with van der Waals surface area (Å²) < 4.78 is 12.9. The Morgan fingerprint density at radius 1 is 1.36 bits per heavy atom. The molecule has 4 heterocycles. The fourth-order valence-corrected chi connectivity index (χ4v) is 3.87. The van der Waals surface area contributed by atoms with Crippen LogP contribution in [0.15, 0.2) is 22.8 Å². The maximum Gasteiger partial charge on any atom is 0.243 e. The number of aromatic nitrogens is 3. The van der Waals surface area contributed by atoms with Crippen molar-refractivity contribution in [3.8, 4) is 0 Å². The third-order valence-corrected chi connectivity index (χ3v) is 5.03. The van der Waals surface area contributed by atoms with Gasteiger partial charge in [-0.25, -0.2) is 4.52 Å². The number of nitrogens with one attached hydrogen (secondary N) is 1. The van der Waals surface area contributed by atoms with Crippen LogP contribution < -0.4 is 5.32 Å². The lowest BCUT2D eigenvalue weighted by atomic mass is 10.0. The fraction of sp³-hybridized carbons (Fsp3) is 0.412. The topological polar surface area (TPSA) is 64.6 Å². The van der Waals surface area contributed by atoms with Crippen LogP contribution in [-0.4, -0.2) is 21.2 Å². The van der Waals surface area contributed by atoms with Crippen LogP contribution in [0.4, 0.5) is 5.82 Å². The molecular formula is C17H18Cl2N4O2. The molecule has 1 unspecified atom stereocenters. The molecule has 3 aromatic rings. The van der Waals surface area contributed by atoms with Crippen molar-refractivity contribution in [1.29, 1.82) is 0 Å². The monoisotopic (exact) mass is 380 g/mol. The Labute approximate surface area is 155 Å². The highest BCUT2D eigenvalue weighted by Gasteiger charge is 2.27. The molecule has 6 nitrogen and oxygen atoms in total. The van der Waals surface area contributed by atoms with Gasteiger partial charge in [0.25, 0.3) is 0 Å². The van der Waals surface area contributed by atoms with E-state index < -0.39 is 0 Å². The van der Waals surface area contributed by atoms with E-state index in [-0.39, 0.29) is 11.4 Å². The number of nitrogens with zero attached hydrogens (tertiary/aromatic N) is 3. The molecule has 0 aliphatic carbocycles. The minimum atomic E-state index is -0.0142. The third-order valence-electron chi connectivity index (χ3n) is 4.50. The Bertz CT molecular complexity index is 886. The number of ether oxygens (including phenoxy) is 1. The Morgan fingerprint density at radius 2 is 2.24 bits per heavy atom. The Hall–Kier alpha value is -1.76. The minimum absolute atomic E-state index is 0.0142. The van der Waals surface area contributed by atoms with Gasteiger partial charge in [0, 0.05) is 12.2 Å². The smallest absolute Gasteiger partial charge is 0.243 e. The summed E-state index contributed by atoms with van der Waals surface area (Å²) in [7, 11) is 0. The molecule has 0 radical (unpaired) electrons. The zero-order valence-electron chi connectivity index (χ0n) is 13.8. The highest BCUT2D eigenvalue weighted by molar-refractivity contribution is 6.31. The van der Waals surface area contributed by atoms with Gasteiger partial charge in [0.15, 0.2) is 5.82 Å². The zero-order valence-corrected chi connectivity index (χ0v) is 15.3. The maximum atomic E-state index is 6.63. The number of anilines is 1. The average molecular weight is 381 g/mol. The van der Waals surface area contributed by atoms with Gasteiger partial charge in [0.1, 0.15) is 16.4 Å². The van der Waals surface area contributed by atoms with Crippen LogP contribution in [0, 0.1) is 6.92 Å². The van der Waals surface area contributed by atoms with Crippen molar-refractivity contribution in [3.63, 3.8) is 0 Å². The number of aryl methyl sites for hydroxylation is 1. The molecule has 1 saturated heterocycles. The standard InChI is InChI=1S/C17H18Cl2N4O2/c1-10-13(12-6-2-3-7-25-12)15(18)23-14(10)16(21-17(19)22-23)20-9-11-5-4-8-24-11/h4-5,8,12H,2-3,6-7,9H2,1H3,(H,20,21,22). The fourth-order valence-electron chi connectivity index (χ4n) is 3.33. The highest BCUT2D eigenvalue weighted by Crippen LogP contribution is 2.39. The van der Waals surface area contributed by atoms with E-state index in [1.165, 1.54) is 0 Å². The van der Waals surface area contributed by atoms with Crippen molar-refractivity contribution in [2.75, 3.05) is 11.9 Å². The Balaban J connectivity index is 1.77. The summed E-state index contributed by atoms with van der Waals surface area (Å²) >= 11 is 12.7. The van der Waals surface area contributed by atoms with Gasteiger partial charge in [-0.1, -0.05) is 11.6 Å². The predicted molar refractivity (Wildman–Crippen MR) is 96.3 cm³/mol. The number of halogens is 2. The Kier molecular flexibility index (Phi) is 4.58. The molecule has 25 heavy (non-hydrogen) atoms. The first-order valence-electron chi connectivity index (χ1n) is 8.27. The van der Waals surface area contributed by atoms with Crippen LogP contribution in [-0.2, 0) is 11.3 Å². The lowest BCUT2D eigenvalue weighted by Gasteiger charge is -2.23. The molecule has 0 saturated carbocycles. The predicted octanol–water partition coefficient (Wildman–Crippen LogP) is 4.79. The van der Waals surface area contributed by atoms with Gasteiger partial charge in [-0.2, -0.15) is 4.98 Å². The summed E-state index contributed by atoms with van der Waals surface area (Å²) in [5, 5.41) is 8.20.